The lowest BCUT2D eigenvalue weighted by molar-refractivity contribution is -0.138. The lowest BCUT2D eigenvalue weighted by atomic mass is 10.1. The van der Waals surface area contributed by atoms with Crippen molar-refractivity contribution < 1.29 is 23.1 Å². The van der Waals surface area contributed by atoms with Crippen molar-refractivity contribution >= 4 is 22.6 Å². The largest absolute Gasteiger partial charge is 0.480 e. The number of halogens is 3. The molecule has 1 N–H and O–H groups in total. The van der Waals surface area contributed by atoms with E-state index in [2.05, 4.69) is 5.10 Å². The zero-order valence-corrected chi connectivity index (χ0v) is 14.5. The number of nitrogens with zero attached hydrogens (tertiary/aromatic N) is 4. The van der Waals surface area contributed by atoms with Crippen LogP contribution in [0.15, 0.2) is 23.0 Å². The molecule has 1 aromatic carbocycles. The molecule has 2 rings (SSSR count). The van der Waals surface area contributed by atoms with Crippen LogP contribution in [0.25, 0.3) is 10.8 Å². The van der Waals surface area contributed by atoms with Crippen LogP contribution in [0.4, 0.5) is 19.0 Å². The van der Waals surface area contributed by atoms with Crippen molar-refractivity contribution in [3.05, 3.63) is 34.1 Å². The van der Waals surface area contributed by atoms with Gasteiger partial charge in [-0.05, 0) is 32.3 Å². The predicted octanol–water partition coefficient (Wildman–Crippen LogP) is 1.50. The van der Waals surface area contributed by atoms with E-state index in [0.29, 0.717) is 13.1 Å². The van der Waals surface area contributed by atoms with E-state index >= 15 is 0 Å². The summed E-state index contributed by atoms with van der Waals surface area (Å²) < 4.78 is 39.9. The van der Waals surface area contributed by atoms with Gasteiger partial charge in [0.05, 0.1) is 10.9 Å². The molecule has 0 unspecified atom stereocenters. The zero-order valence-electron chi connectivity index (χ0n) is 14.5. The van der Waals surface area contributed by atoms with Crippen LogP contribution < -0.4 is 10.5 Å². The molecule has 142 valence electrons. The smallest absolute Gasteiger partial charge is 0.416 e. The molecule has 0 amide bonds. The van der Waals surface area contributed by atoms with Gasteiger partial charge in [-0.1, -0.05) is 0 Å². The third-order valence-electron chi connectivity index (χ3n) is 3.80. The average Bonchev–Trinajstić information content (AvgIpc) is 2.53. The molecule has 0 fully saturated rings. The summed E-state index contributed by atoms with van der Waals surface area (Å²) in [6.45, 7) is 0.345. The fourth-order valence-corrected chi connectivity index (χ4v) is 2.42. The lowest BCUT2D eigenvalue weighted by Crippen LogP contribution is -2.33. The summed E-state index contributed by atoms with van der Waals surface area (Å²) in [5.74, 6) is -1.15. The van der Waals surface area contributed by atoms with Crippen LogP contribution in [0.3, 0.4) is 0 Å². The summed E-state index contributed by atoms with van der Waals surface area (Å²) in [4.78, 5) is 26.8. The first-order chi connectivity index (χ1) is 12.0. The average molecular weight is 372 g/mol. The highest BCUT2D eigenvalue weighted by atomic mass is 19.4. The van der Waals surface area contributed by atoms with Gasteiger partial charge in [0.25, 0.3) is 5.56 Å². The van der Waals surface area contributed by atoms with Crippen molar-refractivity contribution in [2.75, 3.05) is 39.1 Å². The second-order valence-electron chi connectivity index (χ2n) is 6.16. The summed E-state index contributed by atoms with van der Waals surface area (Å²) in [6.07, 6.45) is -4.57. The molecule has 0 radical (unpaired) electrons. The highest BCUT2D eigenvalue weighted by Crippen LogP contribution is 2.32. The topological polar surface area (TPSA) is 78.7 Å². The molecule has 0 atom stereocenters. The van der Waals surface area contributed by atoms with E-state index in [-0.39, 0.29) is 16.6 Å². The normalized spacial score (nSPS) is 12.0. The Morgan fingerprint density at radius 2 is 1.85 bits per heavy atom. The summed E-state index contributed by atoms with van der Waals surface area (Å²) in [5, 5.41) is 13.0. The standard InChI is InChI=1S/C16H19F3N4O3/c1-21(2)6-7-22(3)14-12-8-10(16(17,18)19)4-5-11(12)15(26)23(20-14)9-13(24)25/h4-5,8H,6-7,9H2,1-3H3,(H,24,25). The number of hydrogen-bond acceptors (Lipinski definition) is 5. The van der Waals surface area contributed by atoms with Crippen molar-refractivity contribution in [1.82, 2.24) is 14.7 Å². The molecule has 0 aliphatic heterocycles. The first-order valence-corrected chi connectivity index (χ1v) is 7.70. The number of alkyl halides is 3. The van der Waals surface area contributed by atoms with Gasteiger partial charge >= 0.3 is 12.1 Å². The van der Waals surface area contributed by atoms with Gasteiger partial charge < -0.3 is 14.9 Å². The molecule has 1 heterocycles. The number of hydrogen-bond donors (Lipinski definition) is 1. The van der Waals surface area contributed by atoms with Crippen LogP contribution >= 0.6 is 0 Å². The van der Waals surface area contributed by atoms with Gasteiger partial charge in [0.15, 0.2) is 5.82 Å². The van der Waals surface area contributed by atoms with E-state index in [1.54, 1.807) is 11.9 Å². The number of benzene rings is 1. The second-order valence-corrected chi connectivity index (χ2v) is 6.16. The Morgan fingerprint density at radius 1 is 1.19 bits per heavy atom. The van der Waals surface area contributed by atoms with Crippen molar-refractivity contribution in [3.63, 3.8) is 0 Å². The minimum atomic E-state index is -4.57. The molecule has 0 spiro atoms. The molecule has 0 saturated heterocycles. The third-order valence-corrected chi connectivity index (χ3v) is 3.80. The molecule has 10 heteroatoms. The first kappa shape index (κ1) is 19.7. The van der Waals surface area contributed by atoms with Gasteiger partial charge in [0, 0.05) is 25.5 Å². The third kappa shape index (κ3) is 4.31. The molecular weight excluding hydrogens is 353 g/mol. The Bertz CT molecular complexity index is 877. The molecule has 0 saturated carbocycles. The maximum Gasteiger partial charge on any atom is 0.416 e. The monoisotopic (exact) mass is 372 g/mol. The van der Waals surface area contributed by atoms with Crippen molar-refractivity contribution in [2.45, 2.75) is 12.7 Å². The second kappa shape index (κ2) is 7.32. The Morgan fingerprint density at radius 3 is 2.38 bits per heavy atom. The molecule has 2 aromatic rings. The number of fused-ring (bicyclic) bond motifs is 1. The number of aliphatic carboxylic acids is 1. The van der Waals surface area contributed by atoms with Crippen molar-refractivity contribution in [2.24, 2.45) is 0 Å². The molecule has 0 bridgehead atoms. The maximum absolute atomic E-state index is 13.1. The number of likely N-dealkylation sites (N-methyl/N-ethyl adjacent to an activating group) is 2. The van der Waals surface area contributed by atoms with E-state index in [4.69, 9.17) is 5.11 Å². The van der Waals surface area contributed by atoms with Gasteiger partial charge in [0.2, 0.25) is 0 Å². The highest BCUT2D eigenvalue weighted by molar-refractivity contribution is 5.92. The summed E-state index contributed by atoms with van der Waals surface area (Å²) in [7, 11) is 5.31. The van der Waals surface area contributed by atoms with Gasteiger partial charge in [-0.15, -0.1) is 0 Å². The molecule has 1 aromatic heterocycles. The quantitative estimate of drug-likeness (QED) is 0.828. The highest BCUT2D eigenvalue weighted by Gasteiger charge is 2.31. The Hall–Kier alpha value is -2.62. The van der Waals surface area contributed by atoms with E-state index < -0.39 is 29.8 Å². The summed E-state index contributed by atoms with van der Waals surface area (Å²) >= 11 is 0. The van der Waals surface area contributed by atoms with Gasteiger partial charge in [0.1, 0.15) is 6.54 Å². The van der Waals surface area contributed by atoms with E-state index in [1.165, 1.54) is 0 Å². The lowest BCUT2D eigenvalue weighted by Gasteiger charge is -2.23. The summed E-state index contributed by atoms with van der Waals surface area (Å²) in [6, 6.07) is 2.73. The number of rotatable bonds is 6. The van der Waals surface area contributed by atoms with E-state index in [9.17, 15) is 22.8 Å². The Balaban J connectivity index is 2.69. The molecular formula is C16H19F3N4O3. The first-order valence-electron chi connectivity index (χ1n) is 7.70. The summed E-state index contributed by atoms with van der Waals surface area (Å²) in [5.41, 5.74) is -1.65. The fourth-order valence-electron chi connectivity index (χ4n) is 2.42. The molecule has 0 aliphatic carbocycles. The van der Waals surface area contributed by atoms with Crippen LogP contribution in [-0.2, 0) is 17.5 Å². The minimum absolute atomic E-state index is 0.0130. The molecule has 0 aliphatic rings. The van der Waals surface area contributed by atoms with E-state index in [0.717, 1.165) is 22.9 Å². The van der Waals surface area contributed by atoms with Gasteiger partial charge in [-0.3, -0.25) is 9.59 Å². The van der Waals surface area contributed by atoms with Gasteiger partial charge in [-0.25, -0.2) is 4.68 Å². The SMILES string of the molecule is CN(C)CCN(C)c1nn(CC(=O)O)c(=O)c2ccc(C(F)(F)F)cc12. The number of carboxylic acid groups (broad SMARTS) is 1. The minimum Gasteiger partial charge on any atom is -0.480 e. The number of carbonyl (C=O) groups is 1. The van der Waals surface area contributed by atoms with Crippen LogP contribution in [0, 0.1) is 0 Å². The number of aromatic nitrogens is 2. The van der Waals surface area contributed by atoms with Crippen LogP contribution in [0.1, 0.15) is 5.56 Å². The van der Waals surface area contributed by atoms with Crippen LogP contribution in [-0.4, -0.2) is 60.0 Å². The Kier molecular flexibility index (Phi) is 5.55. The van der Waals surface area contributed by atoms with Crippen LogP contribution in [0.2, 0.25) is 0 Å². The number of carboxylic acids is 1. The molecule has 26 heavy (non-hydrogen) atoms. The van der Waals surface area contributed by atoms with Crippen molar-refractivity contribution in [1.29, 1.82) is 0 Å². The zero-order chi connectivity index (χ0) is 19.6. The van der Waals surface area contributed by atoms with E-state index in [1.807, 2.05) is 19.0 Å². The fraction of sp³-hybridized carbons (Fsp3) is 0.438. The molecule has 7 nitrogen and oxygen atoms in total. The van der Waals surface area contributed by atoms with Crippen LogP contribution in [0.5, 0.6) is 0 Å². The van der Waals surface area contributed by atoms with Crippen molar-refractivity contribution in [3.8, 4) is 0 Å². The predicted molar refractivity (Wildman–Crippen MR) is 90.5 cm³/mol. The maximum atomic E-state index is 13.1. The Labute approximate surface area is 147 Å². The number of anilines is 1. The van der Waals surface area contributed by atoms with Gasteiger partial charge in [-0.2, -0.15) is 18.3 Å².